The molecule has 0 aliphatic rings. The summed E-state index contributed by atoms with van der Waals surface area (Å²) in [5.74, 6) is 2.36. The summed E-state index contributed by atoms with van der Waals surface area (Å²) in [6, 6.07) is 10.2. The first-order chi connectivity index (χ1) is 12.1. The number of methoxy groups -OCH3 is 2. The molecule has 144 valence electrons. The SMILES string of the molecule is CCOc1c(Br)cc(CNCCc2ccc(OC)c(OC)c2)cc1Br.Cl. The van der Waals surface area contributed by atoms with Gasteiger partial charge in [0.2, 0.25) is 0 Å². The molecular weight excluding hydrogens is 485 g/mol. The molecular formula is C19H24Br2ClNO3. The standard InChI is InChI=1S/C19H23Br2NO3.ClH/c1-4-25-19-15(20)9-14(10-16(19)21)12-22-8-7-13-5-6-17(23-2)18(11-13)24-3;/h5-6,9-11,22H,4,7-8,12H2,1-3H3;1H. The van der Waals surface area contributed by atoms with E-state index in [2.05, 4.69) is 55.4 Å². The third-order valence-electron chi connectivity index (χ3n) is 3.71. The summed E-state index contributed by atoms with van der Waals surface area (Å²) in [4.78, 5) is 0. The highest BCUT2D eigenvalue weighted by atomic mass is 79.9. The molecule has 2 rings (SSSR count). The van der Waals surface area contributed by atoms with Crippen molar-refractivity contribution in [2.24, 2.45) is 0 Å². The molecule has 2 aromatic carbocycles. The maximum Gasteiger partial charge on any atom is 0.160 e. The van der Waals surface area contributed by atoms with Gasteiger partial charge in [0.1, 0.15) is 5.75 Å². The first kappa shape index (κ1) is 23.1. The molecule has 0 radical (unpaired) electrons. The van der Waals surface area contributed by atoms with Crippen molar-refractivity contribution in [1.82, 2.24) is 5.32 Å². The van der Waals surface area contributed by atoms with Gasteiger partial charge in [0.15, 0.2) is 11.5 Å². The minimum absolute atomic E-state index is 0. The molecule has 0 bridgehead atoms. The normalized spacial score (nSPS) is 10.2. The van der Waals surface area contributed by atoms with E-state index in [9.17, 15) is 0 Å². The first-order valence-corrected chi connectivity index (χ1v) is 9.70. The van der Waals surface area contributed by atoms with Gasteiger partial charge in [-0.25, -0.2) is 0 Å². The van der Waals surface area contributed by atoms with E-state index >= 15 is 0 Å². The quantitative estimate of drug-likeness (QED) is 0.461. The number of ether oxygens (including phenoxy) is 3. The monoisotopic (exact) mass is 507 g/mol. The maximum atomic E-state index is 5.61. The lowest BCUT2D eigenvalue weighted by molar-refractivity contribution is 0.336. The van der Waals surface area contributed by atoms with Crippen LogP contribution in [0.4, 0.5) is 0 Å². The topological polar surface area (TPSA) is 39.7 Å². The van der Waals surface area contributed by atoms with Crippen LogP contribution in [0.1, 0.15) is 18.1 Å². The molecule has 0 unspecified atom stereocenters. The molecule has 0 aromatic heterocycles. The molecule has 0 fully saturated rings. The second kappa shape index (κ2) is 11.7. The van der Waals surface area contributed by atoms with Crippen LogP contribution in [0.3, 0.4) is 0 Å². The lowest BCUT2D eigenvalue weighted by Crippen LogP contribution is -2.16. The van der Waals surface area contributed by atoms with E-state index in [0.29, 0.717) is 6.61 Å². The second-order valence-corrected chi connectivity index (χ2v) is 7.15. The molecule has 0 atom stereocenters. The van der Waals surface area contributed by atoms with Crippen LogP contribution in [0, 0.1) is 0 Å². The van der Waals surface area contributed by atoms with Crippen molar-refractivity contribution in [3.63, 3.8) is 0 Å². The van der Waals surface area contributed by atoms with Crippen LogP contribution in [-0.2, 0) is 13.0 Å². The Hall–Kier alpha value is -0.950. The molecule has 0 aliphatic heterocycles. The summed E-state index contributed by atoms with van der Waals surface area (Å²) in [5.41, 5.74) is 2.40. The Kier molecular flexibility index (Phi) is 10.4. The summed E-state index contributed by atoms with van der Waals surface area (Å²) < 4.78 is 18.1. The number of hydrogen-bond donors (Lipinski definition) is 1. The smallest absolute Gasteiger partial charge is 0.160 e. The molecule has 0 spiro atoms. The Labute approximate surface area is 178 Å². The third-order valence-corrected chi connectivity index (χ3v) is 4.89. The molecule has 0 heterocycles. The van der Waals surface area contributed by atoms with Crippen LogP contribution in [0.5, 0.6) is 17.2 Å². The number of rotatable bonds is 9. The van der Waals surface area contributed by atoms with E-state index < -0.39 is 0 Å². The van der Waals surface area contributed by atoms with Crippen molar-refractivity contribution < 1.29 is 14.2 Å². The van der Waals surface area contributed by atoms with Crippen LogP contribution in [0.2, 0.25) is 0 Å². The Morgan fingerprint density at radius 1 is 0.923 bits per heavy atom. The van der Waals surface area contributed by atoms with E-state index in [0.717, 1.165) is 45.7 Å². The highest BCUT2D eigenvalue weighted by Gasteiger charge is 2.09. The van der Waals surface area contributed by atoms with Gasteiger partial charge in [-0.2, -0.15) is 0 Å². The van der Waals surface area contributed by atoms with Crippen LogP contribution in [0.15, 0.2) is 39.3 Å². The maximum absolute atomic E-state index is 5.61. The molecule has 0 saturated carbocycles. The van der Waals surface area contributed by atoms with Crippen LogP contribution in [0.25, 0.3) is 0 Å². The summed E-state index contributed by atoms with van der Waals surface area (Å²) >= 11 is 7.13. The van der Waals surface area contributed by atoms with Crippen LogP contribution in [-0.4, -0.2) is 27.4 Å². The molecule has 2 aromatic rings. The van der Waals surface area contributed by atoms with Gasteiger partial charge in [0, 0.05) is 6.54 Å². The zero-order valence-electron chi connectivity index (χ0n) is 15.1. The number of benzene rings is 2. The van der Waals surface area contributed by atoms with E-state index in [1.165, 1.54) is 11.1 Å². The van der Waals surface area contributed by atoms with Crippen molar-refractivity contribution in [2.45, 2.75) is 19.9 Å². The Balaban J connectivity index is 0.00000338. The van der Waals surface area contributed by atoms with Crippen molar-refractivity contribution in [3.05, 3.63) is 50.4 Å². The van der Waals surface area contributed by atoms with Crippen LogP contribution >= 0.6 is 44.3 Å². The fourth-order valence-corrected chi connectivity index (χ4v) is 4.01. The van der Waals surface area contributed by atoms with Crippen molar-refractivity contribution in [1.29, 1.82) is 0 Å². The molecule has 1 N–H and O–H groups in total. The molecule has 0 aliphatic carbocycles. The molecule has 4 nitrogen and oxygen atoms in total. The first-order valence-electron chi connectivity index (χ1n) is 8.11. The molecule has 0 amide bonds. The van der Waals surface area contributed by atoms with E-state index in [-0.39, 0.29) is 12.4 Å². The summed E-state index contributed by atoms with van der Waals surface area (Å²) in [6.07, 6.45) is 0.916. The highest BCUT2D eigenvalue weighted by Crippen LogP contribution is 2.34. The number of halogens is 3. The zero-order chi connectivity index (χ0) is 18.2. The molecule has 7 heteroatoms. The van der Waals surface area contributed by atoms with Crippen molar-refractivity contribution in [2.75, 3.05) is 27.4 Å². The number of hydrogen-bond acceptors (Lipinski definition) is 4. The van der Waals surface area contributed by atoms with Gasteiger partial charge in [0.05, 0.1) is 29.8 Å². The summed E-state index contributed by atoms with van der Waals surface area (Å²) in [7, 11) is 3.30. The Bertz CT molecular complexity index is 690. The second-order valence-electron chi connectivity index (χ2n) is 5.44. The highest BCUT2D eigenvalue weighted by molar-refractivity contribution is 9.11. The van der Waals surface area contributed by atoms with E-state index in [4.69, 9.17) is 14.2 Å². The van der Waals surface area contributed by atoms with E-state index in [1.54, 1.807) is 14.2 Å². The predicted molar refractivity (Wildman–Crippen MR) is 115 cm³/mol. The van der Waals surface area contributed by atoms with Gasteiger partial charge in [-0.3, -0.25) is 0 Å². The zero-order valence-corrected chi connectivity index (χ0v) is 19.1. The minimum Gasteiger partial charge on any atom is -0.493 e. The van der Waals surface area contributed by atoms with Crippen LogP contribution < -0.4 is 19.5 Å². The fraction of sp³-hybridized carbons (Fsp3) is 0.368. The summed E-state index contributed by atoms with van der Waals surface area (Å²) in [5, 5.41) is 3.47. The minimum atomic E-state index is 0. The summed E-state index contributed by atoms with van der Waals surface area (Å²) in [6.45, 7) is 4.28. The van der Waals surface area contributed by atoms with Gasteiger partial charge in [-0.05, 0) is 87.1 Å². The van der Waals surface area contributed by atoms with Gasteiger partial charge in [-0.1, -0.05) is 6.07 Å². The van der Waals surface area contributed by atoms with Gasteiger partial charge >= 0.3 is 0 Å². The van der Waals surface area contributed by atoms with Crippen molar-refractivity contribution >= 4 is 44.3 Å². The lowest BCUT2D eigenvalue weighted by atomic mass is 10.1. The Morgan fingerprint density at radius 2 is 1.58 bits per heavy atom. The Morgan fingerprint density at radius 3 is 2.15 bits per heavy atom. The van der Waals surface area contributed by atoms with Gasteiger partial charge < -0.3 is 19.5 Å². The lowest BCUT2D eigenvalue weighted by Gasteiger charge is -2.12. The largest absolute Gasteiger partial charge is 0.493 e. The average Bonchev–Trinajstić information content (AvgIpc) is 2.61. The molecule has 0 saturated heterocycles. The van der Waals surface area contributed by atoms with Crippen molar-refractivity contribution in [3.8, 4) is 17.2 Å². The van der Waals surface area contributed by atoms with E-state index in [1.807, 2.05) is 19.1 Å². The predicted octanol–water partition coefficient (Wildman–Crippen LogP) is 5.38. The average molecular weight is 510 g/mol. The van der Waals surface area contributed by atoms with Gasteiger partial charge in [0.25, 0.3) is 0 Å². The number of nitrogens with one attached hydrogen (secondary N) is 1. The fourth-order valence-electron chi connectivity index (χ4n) is 2.50. The third kappa shape index (κ3) is 6.34. The molecule has 26 heavy (non-hydrogen) atoms. The van der Waals surface area contributed by atoms with Gasteiger partial charge in [-0.15, -0.1) is 12.4 Å².